The monoisotopic (exact) mass is 525 g/mol. The molecule has 0 heterocycles. The average Bonchev–Trinajstić information content (AvgIpc) is 2.87. The predicted molar refractivity (Wildman–Crippen MR) is 141 cm³/mol. The van der Waals surface area contributed by atoms with Crippen LogP contribution in [0.15, 0.2) is 54.6 Å². The number of carbonyl (C=O) groups excluding carboxylic acids is 5. The normalized spacial score (nSPS) is 11.6. The maximum Gasteiger partial charge on any atom is 0.408 e. The highest BCUT2D eigenvalue weighted by Gasteiger charge is 2.29. The zero-order valence-electron chi connectivity index (χ0n) is 22.1. The minimum Gasteiger partial charge on any atom is -0.444 e. The lowest BCUT2D eigenvalue weighted by molar-refractivity contribution is -0.126. The largest absolute Gasteiger partial charge is 0.444 e. The number of nitrogens with one attached hydrogen (secondary N) is 3. The molecular weight excluding hydrogens is 490 g/mol. The fourth-order valence-electron chi connectivity index (χ4n) is 3.33. The van der Waals surface area contributed by atoms with Crippen LogP contribution in [0.2, 0.25) is 0 Å². The minimum atomic E-state index is -1.04. The van der Waals surface area contributed by atoms with Crippen molar-refractivity contribution in [3.8, 4) is 0 Å². The third kappa shape index (κ3) is 10.0. The second kappa shape index (κ2) is 13.9. The molecule has 1 atom stereocenters. The molecule has 4 amide bonds. The van der Waals surface area contributed by atoms with E-state index in [-0.39, 0.29) is 37.4 Å². The topological polar surface area (TPSA) is 160 Å². The number of carbonyl (C=O) groups is 5. The van der Waals surface area contributed by atoms with Gasteiger partial charge in [0.15, 0.2) is 5.78 Å². The molecule has 11 heteroatoms. The van der Waals surface area contributed by atoms with Gasteiger partial charge in [-0.1, -0.05) is 42.5 Å². The van der Waals surface area contributed by atoms with Gasteiger partial charge in [0, 0.05) is 30.6 Å². The second-order valence-electron chi connectivity index (χ2n) is 9.55. The van der Waals surface area contributed by atoms with Crippen LogP contribution in [-0.2, 0) is 20.7 Å². The van der Waals surface area contributed by atoms with Gasteiger partial charge in [-0.15, -0.1) is 0 Å². The molecule has 11 nitrogen and oxygen atoms in total. The first-order valence-corrected chi connectivity index (χ1v) is 12.1. The smallest absolute Gasteiger partial charge is 0.408 e. The van der Waals surface area contributed by atoms with Gasteiger partial charge in [0.2, 0.25) is 11.8 Å². The van der Waals surface area contributed by atoms with Crippen LogP contribution in [0.4, 0.5) is 4.79 Å². The Kier molecular flexibility index (Phi) is 11.0. The van der Waals surface area contributed by atoms with Crippen molar-refractivity contribution in [1.29, 1.82) is 0 Å². The van der Waals surface area contributed by atoms with Crippen molar-refractivity contribution < 1.29 is 28.7 Å². The van der Waals surface area contributed by atoms with Gasteiger partial charge in [-0.2, -0.15) is 0 Å². The number of rotatable bonds is 11. The summed E-state index contributed by atoms with van der Waals surface area (Å²) in [5, 5.41) is 8.47. The Bertz CT molecular complexity index is 1130. The molecule has 204 valence electrons. The molecule has 0 saturated heterocycles. The van der Waals surface area contributed by atoms with Crippen molar-refractivity contribution in [2.24, 2.45) is 5.84 Å². The minimum absolute atomic E-state index is 0.0671. The number of Topliss-reactive ketones (excluding diaryl/α,β-unsaturated/α-hetero) is 1. The van der Waals surface area contributed by atoms with E-state index in [1.165, 1.54) is 31.2 Å². The number of nitrogens with zero attached hydrogens (tertiary/aromatic N) is 1. The van der Waals surface area contributed by atoms with Gasteiger partial charge in [0.05, 0.1) is 6.54 Å². The summed E-state index contributed by atoms with van der Waals surface area (Å²) in [5.74, 6) is 4.45. The van der Waals surface area contributed by atoms with Crippen molar-refractivity contribution >= 4 is 29.6 Å². The molecule has 2 rings (SSSR count). The second-order valence-corrected chi connectivity index (χ2v) is 9.55. The first-order valence-electron chi connectivity index (χ1n) is 12.1. The molecule has 0 aromatic heterocycles. The number of benzene rings is 2. The number of ether oxygens (including phenoxy) is 1. The first-order chi connectivity index (χ1) is 17.9. The summed E-state index contributed by atoms with van der Waals surface area (Å²) in [6.45, 7) is 6.42. The Morgan fingerprint density at radius 1 is 0.868 bits per heavy atom. The molecule has 0 radical (unpaired) electrons. The Morgan fingerprint density at radius 3 is 2.03 bits per heavy atom. The fraction of sp³-hybridized carbons (Fsp3) is 0.370. The van der Waals surface area contributed by atoms with Crippen LogP contribution in [0, 0.1) is 0 Å². The fourth-order valence-corrected chi connectivity index (χ4v) is 3.33. The molecule has 0 saturated carbocycles. The van der Waals surface area contributed by atoms with E-state index in [1.54, 1.807) is 20.8 Å². The summed E-state index contributed by atoms with van der Waals surface area (Å²) < 4.78 is 5.06. The summed E-state index contributed by atoms with van der Waals surface area (Å²) >= 11 is 0. The van der Waals surface area contributed by atoms with Gasteiger partial charge >= 0.3 is 6.09 Å². The van der Waals surface area contributed by atoms with Crippen LogP contribution in [0.3, 0.4) is 0 Å². The van der Waals surface area contributed by atoms with Crippen molar-refractivity contribution in [2.75, 3.05) is 19.6 Å². The van der Waals surface area contributed by atoms with Crippen molar-refractivity contribution in [1.82, 2.24) is 21.0 Å². The molecule has 0 aliphatic heterocycles. The number of hydrogen-bond acceptors (Lipinski definition) is 7. The number of hydrazine groups is 1. The SMILES string of the molecule is CC(=O)c1ccc(C(=O)N(N)[C@@H](Cc2ccccc2)C(=O)NCCNC(=O)CNC(=O)OC(C)(C)C)cc1. The highest BCUT2D eigenvalue weighted by Crippen LogP contribution is 2.12. The van der Waals surface area contributed by atoms with E-state index in [2.05, 4.69) is 16.0 Å². The molecule has 2 aromatic carbocycles. The number of alkyl carbamates (subject to hydrolysis) is 1. The number of ketones is 1. The highest BCUT2D eigenvalue weighted by molar-refractivity contribution is 5.99. The Hall–Kier alpha value is -4.25. The maximum absolute atomic E-state index is 13.0. The summed E-state index contributed by atoms with van der Waals surface area (Å²) in [6.07, 6.45) is -0.555. The highest BCUT2D eigenvalue weighted by atomic mass is 16.6. The Morgan fingerprint density at radius 2 is 1.45 bits per heavy atom. The van der Waals surface area contributed by atoms with E-state index in [0.717, 1.165) is 10.6 Å². The third-order valence-electron chi connectivity index (χ3n) is 5.22. The Labute approximate surface area is 222 Å². The van der Waals surface area contributed by atoms with Gasteiger partial charge in [-0.3, -0.25) is 24.2 Å². The lowest BCUT2D eigenvalue weighted by Gasteiger charge is -2.27. The van der Waals surface area contributed by atoms with Gasteiger partial charge in [-0.25, -0.2) is 10.6 Å². The van der Waals surface area contributed by atoms with Crippen molar-refractivity contribution in [3.63, 3.8) is 0 Å². The van der Waals surface area contributed by atoms with Crippen molar-refractivity contribution in [3.05, 3.63) is 71.3 Å². The first kappa shape index (κ1) is 30.0. The Balaban J connectivity index is 1.96. The van der Waals surface area contributed by atoms with Gasteiger partial charge in [0.1, 0.15) is 11.6 Å². The van der Waals surface area contributed by atoms with Gasteiger partial charge < -0.3 is 20.7 Å². The zero-order valence-corrected chi connectivity index (χ0v) is 22.1. The molecular formula is C27H35N5O6. The van der Waals surface area contributed by atoms with E-state index >= 15 is 0 Å². The van der Waals surface area contributed by atoms with Crippen LogP contribution in [0.25, 0.3) is 0 Å². The van der Waals surface area contributed by atoms with Crippen LogP contribution < -0.4 is 21.8 Å². The zero-order chi connectivity index (χ0) is 28.3. The number of nitrogens with two attached hydrogens (primary N) is 1. The van der Waals surface area contributed by atoms with E-state index in [9.17, 15) is 24.0 Å². The molecule has 38 heavy (non-hydrogen) atoms. The number of amides is 4. The molecule has 5 N–H and O–H groups in total. The number of hydrogen-bond donors (Lipinski definition) is 4. The van der Waals surface area contributed by atoms with Crippen LogP contribution in [0.5, 0.6) is 0 Å². The van der Waals surface area contributed by atoms with Gasteiger partial charge in [0.25, 0.3) is 5.91 Å². The molecule has 2 aromatic rings. The standard InChI is InChI=1S/C27H35N5O6/c1-18(33)20-10-12-21(13-11-20)25(36)32(28)22(16-19-8-6-5-7-9-19)24(35)30-15-14-29-23(34)17-31-26(37)38-27(2,3)4/h5-13,22H,14-17,28H2,1-4H3,(H,29,34)(H,30,35)(H,31,37)/t22-/m0/s1. The molecule has 0 bridgehead atoms. The van der Waals surface area contributed by atoms with Crippen LogP contribution >= 0.6 is 0 Å². The van der Waals surface area contributed by atoms with Crippen LogP contribution in [-0.4, -0.2) is 65.9 Å². The van der Waals surface area contributed by atoms with E-state index in [1.807, 2.05) is 30.3 Å². The molecule has 0 fully saturated rings. The summed E-state index contributed by atoms with van der Waals surface area (Å²) in [6, 6.07) is 14.1. The van der Waals surface area contributed by atoms with Crippen molar-refractivity contribution in [2.45, 2.75) is 45.8 Å². The van der Waals surface area contributed by atoms with E-state index in [0.29, 0.717) is 5.56 Å². The lowest BCUT2D eigenvalue weighted by atomic mass is 10.0. The molecule has 0 aliphatic carbocycles. The molecule has 0 aliphatic rings. The summed E-state index contributed by atoms with van der Waals surface area (Å²) in [7, 11) is 0. The summed E-state index contributed by atoms with van der Waals surface area (Å²) in [4.78, 5) is 61.2. The predicted octanol–water partition coefficient (Wildman–Crippen LogP) is 1.57. The van der Waals surface area contributed by atoms with Crippen LogP contribution in [0.1, 0.15) is 54.0 Å². The van der Waals surface area contributed by atoms with E-state index < -0.39 is 35.5 Å². The van der Waals surface area contributed by atoms with E-state index in [4.69, 9.17) is 10.6 Å². The maximum atomic E-state index is 13.0. The quantitative estimate of drug-likeness (QED) is 0.114. The summed E-state index contributed by atoms with van der Waals surface area (Å²) in [5.41, 5.74) is 0.793. The average molecular weight is 526 g/mol. The van der Waals surface area contributed by atoms with Gasteiger partial charge in [-0.05, 0) is 45.4 Å². The molecule has 0 unspecified atom stereocenters. The lowest BCUT2D eigenvalue weighted by Crippen LogP contribution is -2.55. The molecule has 0 spiro atoms. The third-order valence-corrected chi connectivity index (χ3v) is 5.22.